The number of benzene rings is 2. The summed E-state index contributed by atoms with van der Waals surface area (Å²) in [7, 11) is 3.51. The van der Waals surface area contributed by atoms with Crippen molar-refractivity contribution in [1.29, 1.82) is 0 Å². The van der Waals surface area contributed by atoms with Crippen molar-refractivity contribution in [2.24, 2.45) is 0 Å². The van der Waals surface area contributed by atoms with Crippen LogP contribution in [0.5, 0.6) is 11.8 Å². The van der Waals surface area contributed by atoms with Crippen LogP contribution in [0.3, 0.4) is 0 Å². The summed E-state index contributed by atoms with van der Waals surface area (Å²) in [5, 5.41) is 3.50. The normalized spacial score (nSPS) is 11.1. The van der Waals surface area contributed by atoms with E-state index >= 15 is 0 Å². The van der Waals surface area contributed by atoms with Gasteiger partial charge in [-0.1, -0.05) is 23.7 Å². The van der Waals surface area contributed by atoms with Crippen LogP contribution in [0.1, 0.15) is 19.4 Å². The first-order valence-electron chi connectivity index (χ1n) is 10.9. The summed E-state index contributed by atoms with van der Waals surface area (Å²) in [4.78, 5) is 34.7. The molecule has 0 spiro atoms. The molecule has 9 nitrogen and oxygen atoms in total. The van der Waals surface area contributed by atoms with Crippen molar-refractivity contribution in [2.45, 2.75) is 26.5 Å². The van der Waals surface area contributed by atoms with E-state index in [1.165, 1.54) is 16.7 Å². The van der Waals surface area contributed by atoms with Gasteiger partial charge in [-0.3, -0.25) is 9.36 Å². The zero-order chi connectivity index (χ0) is 25.5. The Bertz CT molecular complexity index is 1230. The number of carbonyl (C=O) groups is 1. The van der Waals surface area contributed by atoms with Gasteiger partial charge in [-0.2, -0.15) is 4.98 Å². The third-order valence-corrected chi connectivity index (χ3v) is 4.79. The highest BCUT2D eigenvalue weighted by atomic mass is 35.5. The summed E-state index contributed by atoms with van der Waals surface area (Å²) in [5.41, 5.74) is 0.439. The second kappa shape index (κ2) is 11.8. The van der Waals surface area contributed by atoms with E-state index in [2.05, 4.69) is 15.3 Å². The van der Waals surface area contributed by atoms with Crippen LogP contribution >= 0.6 is 11.6 Å². The number of ketones is 1. The van der Waals surface area contributed by atoms with Crippen molar-refractivity contribution in [3.63, 3.8) is 0 Å². The Morgan fingerprint density at radius 1 is 1.17 bits per heavy atom. The summed E-state index contributed by atoms with van der Waals surface area (Å²) < 4.78 is 26.6. The molecule has 0 saturated heterocycles. The highest BCUT2D eigenvalue weighted by Crippen LogP contribution is 2.24. The SMILES string of the molecule is CC(C)Oc1ccc(Nc2nc(OCC(=O)CN(C)C)nc(=O)n2Cc2ccc(Cl)cc2)cc1F. The smallest absolute Gasteiger partial charge is 0.355 e. The molecule has 0 aliphatic rings. The Morgan fingerprint density at radius 3 is 2.51 bits per heavy atom. The predicted octanol–water partition coefficient (Wildman–Crippen LogP) is 3.52. The van der Waals surface area contributed by atoms with E-state index in [9.17, 15) is 14.0 Å². The molecule has 186 valence electrons. The Morgan fingerprint density at radius 2 is 1.89 bits per heavy atom. The molecule has 0 fully saturated rings. The fraction of sp³-hybridized carbons (Fsp3) is 0.333. The van der Waals surface area contributed by atoms with Crippen molar-refractivity contribution in [1.82, 2.24) is 19.4 Å². The number of ether oxygens (including phenoxy) is 2. The Balaban J connectivity index is 1.92. The summed E-state index contributed by atoms with van der Waals surface area (Å²) in [6, 6.07) is 11.0. The number of nitrogens with zero attached hydrogens (tertiary/aromatic N) is 4. The fourth-order valence-electron chi connectivity index (χ4n) is 3.08. The van der Waals surface area contributed by atoms with E-state index in [1.807, 2.05) is 0 Å². The minimum atomic E-state index is -0.659. The Labute approximate surface area is 207 Å². The molecule has 0 bridgehead atoms. The largest absolute Gasteiger partial charge is 0.488 e. The molecule has 1 heterocycles. The lowest BCUT2D eigenvalue weighted by Crippen LogP contribution is -2.30. The first-order chi connectivity index (χ1) is 16.6. The number of carbonyl (C=O) groups excluding carboxylic acids is 1. The molecule has 35 heavy (non-hydrogen) atoms. The standard InChI is InChI=1S/C24H27ClFN5O4/c1-15(2)35-21-10-9-18(11-20(21)26)27-22-28-23(34-14-19(32)13-30(3)4)29-24(33)31(22)12-16-5-7-17(25)8-6-16/h5-11,15H,12-14H2,1-4H3,(H,27,28,29,33). The first-order valence-corrected chi connectivity index (χ1v) is 11.2. The number of Topliss-reactive ketones (excluding diaryl/α,β-unsaturated/α-hetero) is 1. The maximum atomic E-state index is 14.5. The van der Waals surface area contributed by atoms with E-state index < -0.39 is 11.5 Å². The van der Waals surface area contributed by atoms with Gasteiger partial charge in [0.15, 0.2) is 24.0 Å². The number of anilines is 2. The average molecular weight is 504 g/mol. The number of nitrogens with one attached hydrogen (secondary N) is 1. The third kappa shape index (κ3) is 7.76. The van der Waals surface area contributed by atoms with Crippen LogP contribution in [0, 0.1) is 5.82 Å². The molecule has 3 aromatic rings. The van der Waals surface area contributed by atoms with Crippen LogP contribution in [0.4, 0.5) is 16.0 Å². The van der Waals surface area contributed by atoms with E-state index in [4.69, 9.17) is 21.1 Å². The van der Waals surface area contributed by atoms with Gasteiger partial charge >= 0.3 is 11.7 Å². The zero-order valence-corrected chi connectivity index (χ0v) is 20.7. The zero-order valence-electron chi connectivity index (χ0n) is 19.9. The van der Waals surface area contributed by atoms with Gasteiger partial charge < -0.3 is 19.7 Å². The van der Waals surface area contributed by atoms with Crippen LogP contribution in [-0.4, -0.2) is 58.6 Å². The second-order valence-corrected chi connectivity index (χ2v) is 8.76. The van der Waals surface area contributed by atoms with Crippen molar-refractivity contribution >= 4 is 29.0 Å². The number of likely N-dealkylation sites (N-methyl/N-ethyl adjacent to an activating group) is 1. The van der Waals surface area contributed by atoms with Gasteiger partial charge in [0.25, 0.3) is 0 Å². The molecule has 0 aliphatic carbocycles. The molecule has 0 saturated carbocycles. The van der Waals surface area contributed by atoms with Crippen molar-refractivity contribution < 1.29 is 18.7 Å². The molecular weight excluding hydrogens is 477 g/mol. The van der Waals surface area contributed by atoms with E-state index in [-0.39, 0.29) is 49.3 Å². The molecule has 2 aromatic carbocycles. The molecule has 0 unspecified atom stereocenters. The minimum Gasteiger partial charge on any atom is -0.488 e. The van der Waals surface area contributed by atoms with Gasteiger partial charge in [-0.15, -0.1) is 4.98 Å². The van der Waals surface area contributed by atoms with Gasteiger partial charge in [-0.25, -0.2) is 9.18 Å². The van der Waals surface area contributed by atoms with Crippen LogP contribution in [0.15, 0.2) is 47.3 Å². The number of rotatable bonds is 11. The Hall–Kier alpha value is -3.50. The lowest BCUT2D eigenvalue weighted by atomic mass is 10.2. The van der Waals surface area contributed by atoms with Gasteiger partial charge in [-0.05, 0) is 57.8 Å². The molecule has 1 N–H and O–H groups in total. The molecule has 0 amide bonds. The van der Waals surface area contributed by atoms with Crippen LogP contribution in [0.2, 0.25) is 5.02 Å². The first kappa shape index (κ1) is 26.1. The van der Waals surface area contributed by atoms with Crippen LogP contribution in [-0.2, 0) is 11.3 Å². The number of hydrogen-bond donors (Lipinski definition) is 1. The average Bonchev–Trinajstić information content (AvgIpc) is 2.77. The van der Waals surface area contributed by atoms with E-state index in [0.29, 0.717) is 10.7 Å². The second-order valence-electron chi connectivity index (χ2n) is 8.33. The topological polar surface area (TPSA) is 98.6 Å². The van der Waals surface area contributed by atoms with Gasteiger partial charge in [0.2, 0.25) is 5.95 Å². The molecule has 1 aromatic heterocycles. The maximum absolute atomic E-state index is 14.5. The summed E-state index contributed by atoms with van der Waals surface area (Å²) in [5.74, 6) is -0.612. The predicted molar refractivity (Wildman–Crippen MR) is 131 cm³/mol. The molecular formula is C24H27ClFN5O4. The van der Waals surface area contributed by atoms with Gasteiger partial charge in [0.1, 0.15) is 0 Å². The van der Waals surface area contributed by atoms with E-state index in [0.717, 1.165) is 5.56 Å². The van der Waals surface area contributed by atoms with Gasteiger partial charge in [0.05, 0.1) is 19.2 Å². The summed E-state index contributed by atoms with van der Waals surface area (Å²) in [6.07, 6.45) is -0.190. The van der Waals surface area contributed by atoms with Crippen molar-refractivity contribution in [3.05, 3.63) is 69.4 Å². The monoisotopic (exact) mass is 503 g/mol. The van der Waals surface area contributed by atoms with Crippen LogP contribution in [0.25, 0.3) is 0 Å². The molecule has 0 aliphatic heterocycles. The quantitative estimate of drug-likeness (QED) is 0.424. The molecule has 0 radical (unpaired) electrons. The highest BCUT2D eigenvalue weighted by molar-refractivity contribution is 6.30. The fourth-order valence-corrected chi connectivity index (χ4v) is 3.21. The maximum Gasteiger partial charge on any atom is 0.355 e. The third-order valence-electron chi connectivity index (χ3n) is 4.54. The van der Waals surface area contributed by atoms with Crippen LogP contribution < -0.4 is 20.5 Å². The number of hydrogen-bond acceptors (Lipinski definition) is 8. The molecule has 0 atom stereocenters. The summed E-state index contributed by atoms with van der Waals surface area (Å²) in [6.45, 7) is 3.59. The lowest BCUT2D eigenvalue weighted by Gasteiger charge is -2.16. The van der Waals surface area contributed by atoms with Gasteiger partial charge in [0, 0.05) is 16.8 Å². The van der Waals surface area contributed by atoms with Crippen molar-refractivity contribution in [3.8, 4) is 11.8 Å². The highest BCUT2D eigenvalue weighted by Gasteiger charge is 2.15. The Kier molecular flexibility index (Phi) is 8.78. The van der Waals surface area contributed by atoms with Crippen molar-refractivity contribution in [2.75, 3.05) is 32.6 Å². The number of aromatic nitrogens is 3. The molecule has 3 rings (SSSR count). The minimum absolute atomic E-state index is 0.0620. The lowest BCUT2D eigenvalue weighted by molar-refractivity contribution is -0.121. The molecule has 11 heteroatoms. The number of halogens is 2. The summed E-state index contributed by atoms with van der Waals surface area (Å²) >= 11 is 5.96. The van der Waals surface area contributed by atoms with E-state index in [1.54, 1.807) is 63.2 Å².